The average molecular weight is 393 g/mol. The number of anilines is 1. The number of nitrogens with one attached hydrogen (secondary N) is 1. The standard InChI is InChI=1S/C22H20FN3O3/c1-13-10-19(18-7-6-16(23)12-20(18)24-13)21(27)25-14(2)15-4-3-5-17(11-15)26-8-9-29-22(26)28/h3-7,10-12,14H,8-9H2,1-2H3,(H,25,27). The highest BCUT2D eigenvalue weighted by Gasteiger charge is 2.24. The van der Waals surface area contributed by atoms with Gasteiger partial charge in [0.1, 0.15) is 12.4 Å². The van der Waals surface area contributed by atoms with Crippen molar-refractivity contribution in [3.05, 3.63) is 71.2 Å². The minimum atomic E-state index is -0.396. The van der Waals surface area contributed by atoms with Gasteiger partial charge in [-0.15, -0.1) is 0 Å². The van der Waals surface area contributed by atoms with Gasteiger partial charge in [-0.1, -0.05) is 12.1 Å². The molecule has 7 heteroatoms. The monoisotopic (exact) mass is 393 g/mol. The summed E-state index contributed by atoms with van der Waals surface area (Å²) in [4.78, 5) is 30.6. The lowest BCUT2D eigenvalue weighted by atomic mass is 10.0. The summed E-state index contributed by atoms with van der Waals surface area (Å²) in [6.07, 6.45) is -0.371. The predicted octanol–water partition coefficient (Wildman–Crippen LogP) is 4.13. The Morgan fingerprint density at radius 2 is 2.07 bits per heavy atom. The molecule has 2 aromatic carbocycles. The lowest BCUT2D eigenvalue weighted by Crippen LogP contribution is -2.28. The molecule has 0 saturated carbocycles. The van der Waals surface area contributed by atoms with E-state index in [1.165, 1.54) is 12.1 Å². The van der Waals surface area contributed by atoms with Crippen LogP contribution >= 0.6 is 0 Å². The first kappa shape index (κ1) is 18.9. The van der Waals surface area contributed by atoms with Gasteiger partial charge in [-0.2, -0.15) is 0 Å². The van der Waals surface area contributed by atoms with Crippen LogP contribution in [0.5, 0.6) is 0 Å². The molecule has 1 aliphatic rings. The number of nitrogens with zero attached hydrogens (tertiary/aromatic N) is 2. The first-order valence-electron chi connectivity index (χ1n) is 9.34. The molecule has 4 rings (SSSR count). The average Bonchev–Trinajstić information content (AvgIpc) is 3.13. The van der Waals surface area contributed by atoms with E-state index in [1.54, 1.807) is 24.0 Å². The summed E-state index contributed by atoms with van der Waals surface area (Å²) in [5.41, 5.74) is 3.11. The van der Waals surface area contributed by atoms with Crippen molar-refractivity contribution in [2.75, 3.05) is 18.1 Å². The molecule has 1 unspecified atom stereocenters. The van der Waals surface area contributed by atoms with Gasteiger partial charge < -0.3 is 10.1 Å². The fourth-order valence-electron chi connectivity index (χ4n) is 3.47. The lowest BCUT2D eigenvalue weighted by Gasteiger charge is -2.18. The Morgan fingerprint density at radius 3 is 2.83 bits per heavy atom. The maximum Gasteiger partial charge on any atom is 0.414 e. The van der Waals surface area contributed by atoms with Crippen molar-refractivity contribution in [3.8, 4) is 0 Å². The molecule has 2 heterocycles. The zero-order chi connectivity index (χ0) is 20.5. The Balaban J connectivity index is 1.59. The zero-order valence-corrected chi connectivity index (χ0v) is 16.1. The van der Waals surface area contributed by atoms with Crippen LogP contribution < -0.4 is 10.2 Å². The number of carbonyl (C=O) groups excluding carboxylic acids is 2. The number of halogens is 1. The largest absolute Gasteiger partial charge is 0.447 e. The normalized spacial score (nSPS) is 14.7. The molecular weight excluding hydrogens is 373 g/mol. The predicted molar refractivity (Wildman–Crippen MR) is 107 cm³/mol. The fraction of sp³-hybridized carbons (Fsp3) is 0.227. The Kier molecular flexibility index (Phi) is 4.88. The number of fused-ring (bicyclic) bond motifs is 1. The number of hydrogen-bond acceptors (Lipinski definition) is 4. The summed E-state index contributed by atoms with van der Waals surface area (Å²) in [6, 6.07) is 13.0. The van der Waals surface area contributed by atoms with Gasteiger partial charge >= 0.3 is 6.09 Å². The van der Waals surface area contributed by atoms with Crippen LogP contribution in [0.15, 0.2) is 48.5 Å². The Morgan fingerprint density at radius 1 is 1.24 bits per heavy atom. The zero-order valence-electron chi connectivity index (χ0n) is 16.1. The summed E-state index contributed by atoms with van der Waals surface area (Å²) >= 11 is 0. The number of benzene rings is 2. The van der Waals surface area contributed by atoms with Crippen molar-refractivity contribution in [2.24, 2.45) is 0 Å². The number of aromatic nitrogens is 1. The third-order valence-electron chi connectivity index (χ3n) is 4.93. The number of pyridine rings is 1. The van der Waals surface area contributed by atoms with Crippen LogP contribution in [0.25, 0.3) is 10.9 Å². The molecule has 0 aliphatic carbocycles. The van der Waals surface area contributed by atoms with Gasteiger partial charge in [-0.25, -0.2) is 9.18 Å². The number of cyclic esters (lactones) is 1. The SMILES string of the molecule is Cc1cc(C(=O)NC(C)c2cccc(N3CCOC3=O)c2)c2ccc(F)cc2n1. The van der Waals surface area contributed by atoms with E-state index in [0.717, 1.165) is 11.3 Å². The fourth-order valence-corrected chi connectivity index (χ4v) is 3.47. The van der Waals surface area contributed by atoms with Gasteiger partial charge in [0.2, 0.25) is 0 Å². The van der Waals surface area contributed by atoms with E-state index < -0.39 is 5.82 Å². The van der Waals surface area contributed by atoms with Crippen LogP contribution in [0.3, 0.4) is 0 Å². The minimum absolute atomic E-state index is 0.273. The number of ether oxygens (including phenoxy) is 1. The van der Waals surface area contributed by atoms with E-state index >= 15 is 0 Å². The van der Waals surface area contributed by atoms with E-state index in [-0.39, 0.29) is 18.0 Å². The second-order valence-electron chi connectivity index (χ2n) is 7.03. The van der Waals surface area contributed by atoms with Crippen molar-refractivity contribution >= 4 is 28.6 Å². The quantitative estimate of drug-likeness (QED) is 0.724. The Labute approximate surface area is 167 Å². The smallest absolute Gasteiger partial charge is 0.414 e. The van der Waals surface area contributed by atoms with Crippen molar-refractivity contribution < 1.29 is 18.7 Å². The van der Waals surface area contributed by atoms with Gasteiger partial charge in [0.15, 0.2) is 0 Å². The van der Waals surface area contributed by atoms with Crippen molar-refractivity contribution in [1.29, 1.82) is 0 Å². The summed E-state index contributed by atoms with van der Waals surface area (Å²) in [7, 11) is 0. The van der Waals surface area contributed by atoms with E-state index in [9.17, 15) is 14.0 Å². The summed E-state index contributed by atoms with van der Waals surface area (Å²) < 4.78 is 18.5. The number of hydrogen-bond donors (Lipinski definition) is 1. The minimum Gasteiger partial charge on any atom is -0.447 e. The second-order valence-corrected chi connectivity index (χ2v) is 7.03. The topological polar surface area (TPSA) is 71.5 Å². The van der Waals surface area contributed by atoms with Gasteiger partial charge in [0.05, 0.1) is 23.7 Å². The lowest BCUT2D eigenvalue weighted by molar-refractivity contribution is 0.0941. The van der Waals surface area contributed by atoms with Gasteiger partial charge in [0.25, 0.3) is 5.91 Å². The molecular formula is C22H20FN3O3. The molecule has 1 aliphatic heterocycles. The highest BCUT2D eigenvalue weighted by molar-refractivity contribution is 6.06. The van der Waals surface area contributed by atoms with Gasteiger partial charge in [-0.3, -0.25) is 14.7 Å². The third kappa shape index (κ3) is 3.76. The molecule has 1 atom stereocenters. The molecule has 0 spiro atoms. The molecule has 29 heavy (non-hydrogen) atoms. The van der Waals surface area contributed by atoms with Gasteiger partial charge in [0, 0.05) is 22.8 Å². The Bertz CT molecular complexity index is 1110. The maximum atomic E-state index is 13.5. The molecule has 0 bridgehead atoms. The third-order valence-corrected chi connectivity index (χ3v) is 4.93. The maximum absolute atomic E-state index is 13.5. The van der Waals surface area contributed by atoms with Crippen LogP contribution in [-0.4, -0.2) is 30.1 Å². The van der Waals surface area contributed by atoms with E-state index in [4.69, 9.17) is 4.74 Å². The highest BCUT2D eigenvalue weighted by atomic mass is 19.1. The second kappa shape index (κ2) is 7.50. The van der Waals surface area contributed by atoms with Crippen molar-refractivity contribution in [2.45, 2.75) is 19.9 Å². The van der Waals surface area contributed by atoms with Gasteiger partial charge in [-0.05, 0) is 49.7 Å². The van der Waals surface area contributed by atoms with Crippen LogP contribution in [0, 0.1) is 12.7 Å². The molecule has 1 saturated heterocycles. The molecule has 3 aromatic rings. The molecule has 148 valence electrons. The van der Waals surface area contributed by atoms with Crippen molar-refractivity contribution in [1.82, 2.24) is 10.3 Å². The number of rotatable bonds is 4. The van der Waals surface area contributed by atoms with Crippen LogP contribution in [0.1, 0.15) is 34.6 Å². The first-order valence-corrected chi connectivity index (χ1v) is 9.34. The van der Waals surface area contributed by atoms with E-state index in [2.05, 4.69) is 10.3 Å². The molecule has 1 aromatic heterocycles. The number of aryl methyl sites for hydroxylation is 1. The summed E-state index contributed by atoms with van der Waals surface area (Å²) in [5.74, 6) is -0.668. The number of amides is 2. The molecule has 1 fully saturated rings. The first-order chi connectivity index (χ1) is 13.9. The number of carbonyl (C=O) groups is 2. The molecule has 2 amide bonds. The molecule has 1 N–H and O–H groups in total. The van der Waals surface area contributed by atoms with Crippen LogP contribution in [0.4, 0.5) is 14.9 Å². The summed E-state index contributed by atoms with van der Waals surface area (Å²) in [6.45, 7) is 4.50. The van der Waals surface area contributed by atoms with E-state index in [0.29, 0.717) is 35.3 Å². The van der Waals surface area contributed by atoms with E-state index in [1.807, 2.05) is 31.2 Å². The van der Waals surface area contributed by atoms with Crippen LogP contribution in [-0.2, 0) is 4.74 Å². The van der Waals surface area contributed by atoms with Crippen LogP contribution in [0.2, 0.25) is 0 Å². The Hall–Kier alpha value is -3.48. The summed E-state index contributed by atoms with van der Waals surface area (Å²) in [5, 5.41) is 3.57. The van der Waals surface area contributed by atoms with Crippen molar-refractivity contribution in [3.63, 3.8) is 0 Å². The molecule has 6 nitrogen and oxygen atoms in total. The highest BCUT2D eigenvalue weighted by Crippen LogP contribution is 2.25. The molecule has 0 radical (unpaired) electrons.